The Morgan fingerprint density at radius 1 is 1.07 bits per heavy atom. The molecule has 4 nitrogen and oxygen atoms in total. The Morgan fingerprint density at radius 3 is 2.75 bits per heavy atom. The molecule has 3 N–H and O–H groups in total. The number of aromatic amines is 1. The minimum absolute atomic E-state index is 0.169. The van der Waals surface area contributed by atoms with E-state index in [1.54, 1.807) is 6.07 Å². The van der Waals surface area contributed by atoms with Crippen LogP contribution in [0.3, 0.4) is 0 Å². The lowest BCUT2D eigenvalue weighted by molar-refractivity contribution is 0.221. The van der Waals surface area contributed by atoms with Crippen LogP contribution in [0.15, 0.2) is 54.7 Å². The SMILES string of the molecule is NCC1CN(CCCCc2c[nH]c3ccc(F)cc23)CCN1c1ccccc1. The van der Waals surface area contributed by atoms with E-state index in [0.29, 0.717) is 12.6 Å². The summed E-state index contributed by atoms with van der Waals surface area (Å²) in [6.45, 7) is 4.88. The average Bonchev–Trinajstić information content (AvgIpc) is 3.13. The fourth-order valence-corrected chi connectivity index (χ4v) is 4.29. The Kier molecular flexibility index (Phi) is 5.93. The van der Waals surface area contributed by atoms with Crippen molar-refractivity contribution in [3.63, 3.8) is 0 Å². The maximum atomic E-state index is 13.5. The standard InChI is InChI=1S/C23H29FN4/c24-19-9-10-23-22(14-19)18(16-26-23)6-4-5-11-27-12-13-28(21(15-25)17-27)20-7-2-1-3-8-20/h1-3,7-10,14,16,21,26H,4-6,11-13,15,17,25H2. The number of aromatic nitrogens is 1. The predicted octanol–water partition coefficient (Wildman–Crippen LogP) is 3.78. The molecular formula is C23H29FN4. The first-order valence-electron chi connectivity index (χ1n) is 10.2. The van der Waals surface area contributed by atoms with Crippen molar-refractivity contribution in [3.8, 4) is 0 Å². The van der Waals surface area contributed by atoms with E-state index in [1.165, 1.54) is 17.3 Å². The molecule has 1 saturated heterocycles. The number of benzene rings is 2. The highest BCUT2D eigenvalue weighted by Gasteiger charge is 2.25. The lowest BCUT2D eigenvalue weighted by atomic mass is 10.1. The molecule has 1 aromatic heterocycles. The summed E-state index contributed by atoms with van der Waals surface area (Å²) in [4.78, 5) is 8.22. The number of piperazine rings is 1. The number of aryl methyl sites for hydroxylation is 1. The van der Waals surface area contributed by atoms with Gasteiger partial charge in [0.05, 0.1) is 6.04 Å². The molecule has 1 unspecified atom stereocenters. The Hall–Kier alpha value is -2.37. The van der Waals surface area contributed by atoms with Gasteiger partial charge in [0.2, 0.25) is 0 Å². The molecule has 1 atom stereocenters. The van der Waals surface area contributed by atoms with E-state index in [4.69, 9.17) is 5.73 Å². The molecule has 5 heteroatoms. The summed E-state index contributed by atoms with van der Waals surface area (Å²) in [6, 6.07) is 15.9. The smallest absolute Gasteiger partial charge is 0.123 e. The summed E-state index contributed by atoms with van der Waals surface area (Å²) in [5.74, 6) is -0.169. The molecule has 3 aromatic rings. The van der Waals surface area contributed by atoms with Crippen molar-refractivity contribution in [2.45, 2.75) is 25.3 Å². The van der Waals surface area contributed by atoms with Gasteiger partial charge in [-0.2, -0.15) is 0 Å². The molecule has 0 spiro atoms. The van der Waals surface area contributed by atoms with E-state index >= 15 is 0 Å². The van der Waals surface area contributed by atoms with Crippen molar-refractivity contribution in [2.24, 2.45) is 5.73 Å². The Balaban J connectivity index is 1.27. The largest absolute Gasteiger partial charge is 0.365 e. The topological polar surface area (TPSA) is 48.3 Å². The molecule has 148 valence electrons. The van der Waals surface area contributed by atoms with Crippen LogP contribution in [0.25, 0.3) is 10.9 Å². The number of nitrogens with one attached hydrogen (secondary N) is 1. The molecule has 2 aromatic carbocycles. The number of unbranched alkanes of at least 4 members (excludes halogenated alkanes) is 1. The first-order valence-corrected chi connectivity index (χ1v) is 10.2. The summed E-state index contributed by atoms with van der Waals surface area (Å²) >= 11 is 0. The van der Waals surface area contributed by atoms with Crippen molar-refractivity contribution in [1.29, 1.82) is 0 Å². The van der Waals surface area contributed by atoms with E-state index in [-0.39, 0.29) is 5.82 Å². The molecule has 0 radical (unpaired) electrons. The van der Waals surface area contributed by atoms with Crippen LogP contribution in [0.2, 0.25) is 0 Å². The monoisotopic (exact) mass is 380 g/mol. The summed E-state index contributed by atoms with van der Waals surface area (Å²) in [5, 5.41) is 1.01. The van der Waals surface area contributed by atoms with Gasteiger partial charge in [-0.25, -0.2) is 4.39 Å². The van der Waals surface area contributed by atoms with Crippen LogP contribution in [-0.4, -0.2) is 48.6 Å². The molecule has 0 bridgehead atoms. The Bertz CT molecular complexity index is 892. The molecule has 1 fully saturated rings. The number of nitrogens with two attached hydrogens (primary N) is 1. The van der Waals surface area contributed by atoms with Crippen LogP contribution >= 0.6 is 0 Å². The summed E-state index contributed by atoms with van der Waals surface area (Å²) in [7, 11) is 0. The van der Waals surface area contributed by atoms with Crippen LogP contribution < -0.4 is 10.6 Å². The highest BCUT2D eigenvalue weighted by molar-refractivity contribution is 5.83. The predicted molar refractivity (Wildman–Crippen MR) is 114 cm³/mol. The van der Waals surface area contributed by atoms with E-state index < -0.39 is 0 Å². The lowest BCUT2D eigenvalue weighted by Gasteiger charge is -2.42. The highest BCUT2D eigenvalue weighted by atomic mass is 19.1. The zero-order valence-corrected chi connectivity index (χ0v) is 16.3. The zero-order chi connectivity index (χ0) is 19.3. The van der Waals surface area contributed by atoms with Gasteiger partial charge in [0, 0.05) is 49.0 Å². The van der Waals surface area contributed by atoms with E-state index in [0.717, 1.165) is 56.3 Å². The van der Waals surface area contributed by atoms with Crippen LogP contribution in [0.4, 0.5) is 10.1 Å². The Morgan fingerprint density at radius 2 is 1.93 bits per heavy atom. The van der Waals surface area contributed by atoms with Crippen LogP contribution in [0.1, 0.15) is 18.4 Å². The van der Waals surface area contributed by atoms with Crippen LogP contribution in [0.5, 0.6) is 0 Å². The number of anilines is 1. The third kappa shape index (κ3) is 4.21. The number of hydrogen-bond acceptors (Lipinski definition) is 3. The number of H-pyrrole nitrogens is 1. The minimum atomic E-state index is -0.169. The summed E-state index contributed by atoms with van der Waals surface area (Å²) < 4.78 is 13.5. The normalized spacial score (nSPS) is 18.1. The molecule has 28 heavy (non-hydrogen) atoms. The van der Waals surface area contributed by atoms with Gasteiger partial charge in [0.25, 0.3) is 0 Å². The second kappa shape index (κ2) is 8.76. The van der Waals surface area contributed by atoms with Gasteiger partial charge in [-0.3, -0.25) is 4.90 Å². The van der Waals surface area contributed by atoms with E-state index in [1.807, 2.05) is 12.3 Å². The minimum Gasteiger partial charge on any atom is -0.365 e. The number of fused-ring (bicyclic) bond motifs is 1. The first kappa shape index (κ1) is 19.0. The van der Waals surface area contributed by atoms with E-state index in [9.17, 15) is 4.39 Å². The van der Waals surface area contributed by atoms with Gasteiger partial charge >= 0.3 is 0 Å². The molecule has 0 amide bonds. The second-order valence-corrected chi connectivity index (χ2v) is 7.68. The molecule has 2 heterocycles. The highest BCUT2D eigenvalue weighted by Crippen LogP contribution is 2.22. The molecule has 1 aliphatic heterocycles. The maximum absolute atomic E-state index is 13.5. The van der Waals surface area contributed by atoms with Gasteiger partial charge in [0.1, 0.15) is 5.82 Å². The van der Waals surface area contributed by atoms with Gasteiger partial charge in [0.15, 0.2) is 0 Å². The van der Waals surface area contributed by atoms with Crippen molar-refractivity contribution in [1.82, 2.24) is 9.88 Å². The number of rotatable bonds is 7. The van der Waals surface area contributed by atoms with Crippen molar-refractivity contribution in [2.75, 3.05) is 37.6 Å². The summed E-state index contributed by atoms with van der Waals surface area (Å²) in [6.07, 6.45) is 5.25. The average molecular weight is 381 g/mol. The molecule has 0 saturated carbocycles. The maximum Gasteiger partial charge on any atom is 0.123 e. The van der Waals surface area contributed by atoms with Crippen molar-refractivity contribution in [3.05, 3.63) is 66.1 Å². The first-order chi connectivity index (χ1) is 13.7. The number of nitrogens with zero attached hydrogens (tertiary/aromatic N) is 2. The second-order valence-electron chi connectivity index (χ2n) is 7.68. The van der Waals surface area contributed by atoms with E-state index in [2.05, 4.69) is 45.1 Å². The quantitative estimate of drug-likeness (QED) is 0.613. The number of hydrogen-bond donors (Lipinski definition) is 2. The molecule has 1 aliphatic rings. The number of para-hydroxylation sites is 1. The number of halogens is 1. The van der Waals surface area contributed by atoms with Gasteiger partial charge in [-0.05, 0) is 61.7 Å². The molecule has 4 rings (SSSR count). The van der Waals surface area contributed by atoms with Gasteiger partial charge in [-0.1, -0.05) is 18.2 Å². The van der Waals surface area contributed by atoms with Crippen LogP contribution in [-0.2, 0) is 6.42 Å². The van der Waals surface area contributed by atoms with Gasteiger partial charge in [-0.15, -0.1) is 0 Å². The van der Waals surface area contributed by atoms with Gasteiger partial charge < -0.3 is 15.6 Å². The Labute approximate surface area is 166 Å². The fourth-order valence-electron chi connectivity index (χ4n) is 4.29. The van der Waals surface area contributed by atoms with Crippen molar-refractivity contribution >= 4 is 16.6 Å². The summed E-state index contributed by atoms with van der Waals surface area (Å²) in [5.41, 5.74) is 9.57. The molecule has 0 aliphatic carbocycles. The van der Waals surface area contributed by atoms with Crippen LogP contribution in [0, 0.1) is 5.82 Å². The third-order valence-corrected chi connectivity index (χ3v) is 5.83. The zero-order valence-electron chi connectivity index (χ0n) is 16.3. The lowest BCUT2D eigenvalue weighted by Crippen LogP contribution is -2.56. The molecular weight excluding hydrogens is 351 g/mol. The fraction of sp³-hybridized carbons (Fsp3) is 0.391. The van der Waals surface area contributed by atoms with Crippen molar-refractivity contribution < 1.29 is 4.39 Å². The third-order valence-electron chi connectivity index (χ3n) is 5.83.